The van der Waals surface area contributed by atoms with Crippen LogP contribution in [0.5, 0.6) is 0 Å². The SMILES string of the molecule is CC1CCC(NC2COC2)C(C)C1. The Bertz CT molecular complexity index is 167. The van der Waals surface area contributed by atoms with Gasteiger partial charge in [0, 0.05) is 6.04 Å². The van der Waals surface area contributed by atoms with Gasteiger partial charge in [-0.1, -0.05) is 13.8 Å². The monoisotopic (exact) mass is 183 g/mol. The minimum absolute atomic E-state index is 0.654. The third-order valence-corrected chi connectivity index (χ3v) is 3.52. The predicted molar refractivity (Wildman–Crippen MR) is 53.7 cm³/mol. The maximum atomic E-state index is 5.17. The zero-order valence-electron chi connectivity index (χ0n) is 8.75. The second-order valence-corrected chi connectivity index (χ2v) is 4.90. The van der Waals surface area contributed by atoms with E-state index in [2.05, 4.69) is 19.2 Å². The van der Waals surface area contributed by atoms with Crippen molar-refractivity contribution in [2.45, 2.75) is 45.2 Å². The molecule has 2 nitrogen and oxygen atoms in total. The Kier molecular flexibility index (Phi) is 2.89. The molecule has 0 radical (unpaired) electrons. The van der Waals surface area contributed by atoms with Gasteiger partial charge in [-0.2, -0.15) is 0 Å². The van der Waals surface area contributed by atoms with E-state index in [4.69, 9.17) is 4.74 Å². The van der Waals surface area contributed by atoms with Gasteiger partial charge in [-0.05, 0) is 31.1 Å². The highest BCUT2D eigenvalue weighted by atomic mass is 16.5. The van der Waals surface area contributed by atoms with E-state index in [0.717, 1.165) is 31.1 Å². The fourth-order valence-corrected chi connectivity index (χ4v) is 2.55. The number of hydrogen-bond acceptors (Lipinski definition) is 2. The van der Waals surface area contributed by atoms with Crippen LogP contribution in [-0.2, 0) is 4.74 Å². The molecule has 2 fully saturated rings. The minimum atomic E-state index is 0.654. The molecule has 0 bridgehead atoms. The molecule has 76 valence electrons. The summed E-state index contributed by atoms with van der Waals surface area (Å²) in [6.07, 6.45) is 4.15. The molecule has 1 aliphatic carbocycles. The largest absolute Gasteiger partial charge is 0.378 e. The summed E-state index contributed by atoms with van der Waals surface area (Å²) in [4.78, 5) is 0. The Morgan fingerprint density at radius 1 is 1.15 bits per heavy atom. The lowest BCUT2D eigenvalue weighted by atomic mass is 9.79. The molecule has 0 aromatic rings. The van der Waals surface area contributed by atoms with E-state index < -0.39 is 0 Å². The molecule has 1 aliphatic heterocycles. The van der Waals surface area contributed by atoms with Crippen molar-refractivity contribution in [1.29, 1.82) is 0 Å². The van der Waals surface area contributed by atoms with E-state index in [9.17, 15) is 0 Å². The van der Waals surface area contributed by atoms with E-state index in [0.29, 0.717) is 6.04 Å². The number of hydrogen-bond donors (Lipinski definition) is 1. The first-order chi connectivity index (χ1) is 6.25. The first-order valence-electron chi connectivity index (χ1n) is 5.59. The normalized spacial score (nSPS) is 41.5. The lowest BCUT2D eigenvalue weighted by Gasteiger charge is -2.38. The van der Waals surface area contributed by atoms with E-state index >= 15 is 0 Å². The summed E-state index contributed by atoms with van der Waals surface area (Å²) in [6.45, 7) is 6.61. The molecule has 1 N–H and O–H groups in total. The average Bonchev–Trinajstić information content (AvgIpc) is 1.99. The Morgan fingerprint density at radius 3 is 2.46 bits per heavy atom. The summed E-state index contributed by atoms with van der Waals surface area (Å²) in [5.41, 5.74) is 0. The van der Waals surface area contributed by atoms with Gasteiger partial charge in [0.25, 0.3) is 0 Å². The van der Waals surface area contributed by atoms with E-state index in [1.807, 2.05) is 0 Å². The van der Waals surface area contributed by atoms with Crippen molar-refractivity contribution in [3.8, 4) is 0 Å². The molecule has 3 unspecified atom stereocenters. The summed E-state index contributed by atoms with van der Waals surface area (Å²) in [6, 6.07) is 1.41. The highest BCUT2D eigenvalue weighted by molar-refractivity contribution is 4.85. The predicted octanol–water partition coefficient (Wildman–Crippen LogP) is 1.80. The molecule has 1 heterocycles. The summed E-state index contributed by atoms with van der Waals surface area (Å²) >= 11 is 0. The van der Waals surface area contributed by atoms with E-state index in [-0.39, 0.29) is 0 Å². The van der Waals surface area contributed by atoms with Crippen LogP contribution < -0.4 is 5.32 Å². The van der Waals surface area contributed by atoms with Crippen molar-refractivity contribution in [2.24, 2.45) is 11.8 Å². The molecule has 0 aromatic heterocycles. The van der Waals surface area contributed by atoms with Crippen LogP contribution in [0.1, 0.15) is 33.1 Å². The summed E-state index contributed by atoms with van der Waals surface area (Å²) in [5.74, 6) is 1.79. The van der Waals surface area contributed by atoms with Gasteiger partial charge >= 0.3 is 0 Å². The van der Waals surface area contributed by atoms with Gasteiger partial charge in [-0.3, -0.25) is 0 Å². The number of ether oxygens (including phenoxy) is 1. The standard InChI is InChI=1S/C11H21NO/c1-8-3-4-11(9(2)5-8)12-10-6-13-7-10/h8-12H,3-7H2,1-2H3. The maximum Gasteiger partial charge on any atom is 0.0643 e. The zero-order chi connectivity index (χ0) is 9.26. The summed E-state index contributed by atoms with van der Waals surface area (Å²) < 4.78 is 5.17. The Hall–Kier alpha value is -0.0800. The molecule has 2 heteroatoms. The van der Waals surface area contributed by atoms with E-state index in [1.165, 1.54) is 19.3 Å². The third-order valence-electron chi connectivity index (χ3n) is 3.52. The van der Waals surface area contributed by atoms with Crippen molar-refractivity contribution in [1.82, 2.24) is 5.32 Å². The molecule has 0 amide bonds. The smallest absolute Gasteiger partial charge is 0.0643 e. The third kappa shape index (κ3) is 2.23. The number of nitrogens with one attached hydrogen (secondary N) is 1. The molecule has 3 atom stereocenters. The van der Waals surface area contributed by atoms with Gasteiger partial charge in [0.1, 0.15) is 0 Å². The summed E-state index contributed by atoms with van der Waals surface area (Å²) in [7, 11) is 0. The first kappa shape index (κ1) is 9.47. The topological polar surface area (TPSA) is 21.3 Å². The molecule has 1 saturated carbocycles. The van der Waals surface area contributed by atoms with Crippen molar-refractivity contribution >= 4 is 0 Å². The summed E-state index contributed by atoms with van der Waals surface area (Å²) in [5, 5.41) is 3.70. The average molecular weight is 183 g/mol. The molecule has 1 saturated heterocycles. The van der Waals surface area contributed by atoms with Gasteiger partial charge in [0.15, 0.2) is 0 Å². The van der Waals surface area contributed by atoms with Crippen LogP contribution in [0.4, 0.5) is 0 Å². The van der Waals surface area contributed by atoms with Gasteiger partial charge in [-0.15, -0.1) is 0 Å². The van der Waals surface area contributed by atoms with Crippen LogP contribution in [0.3, 0.4) is 0 Å². The second kappa shape index (κ2) is 3.97. The van der Waals surface area contributed by atoms with Crippen LogP contribution in [0.25, 0.3) is 0 Å². The van der Waals surface area contributed by atoms with Crippen LogP contribution in [0.15, 0.2) is 0 Å². The van der Waals surface area contributed by atoms with Gasteiger partial charge in [0.2, 0.25) is 0 Å². The fourth-order valence-electron chi connectivity index (χ4n) is 2.55. The van der Waals surface area contributed by atoms with Crippen LogP contribution >= 0.6 is 0 Å². The molecule has 13 heavy (non-hydrogen) atoms. The lowest BCUT2D eigenvalue weighted by molar-refractivity contribution is -0.0162. The van der Waals surface area contributed by atoms with Crippen LogP contribution in [0.2, 0.25) is 0 Å². The molecular formula is C11H21NO. The van der Waals surface area contributed by atoms with Crippen LogP contribution in [0, 0.1) is 11.8 Å². The van der Waals surface area contributed by atoms with Gasteiger partial charge < -0.3 is 10.1 Å². The molecule has 2 aliphatic rings. The fraction of sp³-hybridized carbons (Fsp3) is 1.00. The number of rotatable bonds is 2. The first-order valence-corrected chi connectivity index (χ1v) is 5.59. The molecule has 0 aromatic carbocycles. The van der Waals surface area contributed by atoms with Gasteiger partial charge in [0.05, 0.1) is 19.3 Å². The van der Waals surface area contributed by atoms with Crippen molar-refractivity contribution in [2.75, 3.05) is 13.2 Å². The zero-order valence-corrected chi connectivity index (χ0v) is 8.75. The highest BCUT2D eigenvalue weighted by Gasteiger charge is 2.29. The highest BCUT2D eigenvalue weighted by Crippen LogP contribution is 2.29. The molecule has 0 spiro atoms. The van der Waals surface area contributed by atoms with Crippen molar-refractivity contribution in [3.63, 3.8) is 0 Å². The molecular weight excluding hydrogens is 162 g/mol. The van der Waals surface area contributed by atoms with Crippen molar-refractivity contribution < 1.29 is 4.74 Å². The lowest BCUT2D eigenvalue weighted by Crippen LogP contribution is -2.53. The van der Waals surface area contributed by atoms with Gasteiger partial charge in [-0.25, -0.2) is 0 Å². The second-order valence-electron chi connectivity index (χ2n) is 4.90. The van der Waals surface area contributed by atoms with Crippen LogP contribution in [-0.4, -0.2) is 25.3 Å². The quantitative estimate of drug-likeness (QED) is 0.705. The Balaban J connectivity index is 1.77. The Morgan fingerprint density at radius 2 is 1.92 bits per heavy atom. The minimum Gasteiger partial charge on any atom is -0.378 e. The van der Waals surface area contributed by atoms with E-state index in [1.54, 1.807) is 0 Å². The van der Waals surface area contributed by atoms with Crippen molar-refractivity contribution in [3.05, 3.63) is 0 Å². The Labute approximate surface area is 81.0 Å². The molecule has 2 rings (SSSR count). The maximum absolute atomic E-state index is 5.17.